The Bertz CT molecular complexity index is 176. The second-order valence-electron chi connectivity index (χ2n) is 1.59. The Kier molecular flexibility index (Phi) is 5.06. The lowest BCUT2D eigenvalue weighted by Crippen LogP contribution is -2.18. The van der Waals surface area contributed by atoms with Crippen LogP contribution in [0, 0.1) is 0 Å². The molecule has 0 aromatic carbocycles. The predicted molar refractivity (Wildman–Crippen MR) is 38.1 cm³/mol. The first-order valence-corrected chi connectivity index (χ1v) is 2.94. The summed E-state index contributed by atoms with van der Waals surface area (Å²) in [6, 6.07) is 0. The Morgan fingerprint density at radius 3 is 2.30 bits per heavy atom. The molecule has 0 bridgehead atoms. The van der Waals surface area contributed by atoms with Crippen molar-refractivity contribution in [2.24, 2.45) is 0 Å². The summed E-state index contributed by atoms with van der Waals surface area (Å²) in [5, 5.41) is 9.78. The number of carboxylic acids is 1. The molecule has 0 aliphatic carbocycles. The van der Waals surface area contributed by atoms with Crippen molar-refractivity contribution >= 4 is 5.97 Å². The van der Waals surface area contributed by atoms with Crippen molar-refractivity contribution in [3.05, 3.63) is 36.5 Å². The molecule has 0 aliphatic rings. The van der Waals surface area contributed by atoms with Gasteiger partial charge >= 0.3 is 0 Å². The molecule has 10 heavy (non-hydrogen) atoms. The summed E-state index contributed by atoms with van der Waals surface area (Å²) >= 11 is 0. The fourth-order valence-corrected chi connectivity index (χ4v) is 0.374. The van der Waals surface area contributed by atoms with E-state index in [9.17, 15) is 9.90 Å². The first kappa shape index (κ1) is 8.69. The van der Waals surface area contributed by atoms with Gasteiger partial charge in [0.05, 0.1) is 5.97 Å². The molecule has 0 heterocycles. The van der Waals surface area contributed by atoms with Gasteiger partial charge in [0.15, 0.2) is 0 Å². The van der Waals surface area contributed by atoms with Crippen LogP contribution in [0.2, 0.25) is 0 Å². The van der Waals surface area contributed by atoms with Crippen LogP contribution >= 0.6 is 0 Å². The fourth-order valence-electron chi connectivity index (χ4n) is 0.374. The Hall–Kier alpha value is -1.31. The van der Waals surface area contributed by atoms with Crippen molar-refractivity contribution in [1.82, 2.24) is 0 Å². The molecule has 0 saturated heterocycles. The highest BCUT2D eigenvalue weighted by atomic mass is 16.4. The van der Waals surface area contributed by atoms with Gasteiger partial charge in [-0.2, -0.15) is 0 Å². The van der Waals surface area contributed by atoms with Crippen LogP contribution < -0.4 is 5.11 Å². The number of carboxylic acid groups (broad SMARTS) is 1. The van der Waals surface area contributed by atoms with Crippen LogP contribution in [-0.4, -0.2) is 5.97 Å². The van der Waals surface area contributed by atoms with E-state index in [4.69, 9.17) is 0 Å². The van der Waals surface area contributed by atoms with Crippen molar-refractivity contribution in [3.8, 4) is 0 Å². The molecule has 0 spiro atoms. The van der Waals surface area contributed by atoms with Gasteiger partial charge in [-0.25, -0.2) is 0 Å². The zero-order valence-corrected chi connectivity index (χ0v) is 5.78. The van der Waals surface area contributed by atoms with Crippen LogP contribution in [0.4, 0.5) is 0 Å². The number of hydrogen-bond donors (Lipinski definition) is 0. The van der Waals surface area contributed by atoms with Gasteiger partial charge in [0, 0.05) is 0 Å². The number of allylic oxidation sites excluding steroid dienone is 5. The van der Waals surface area contributed by atoms with Gasteiger partial charge in [0.1, 0.15) is 0 Å². The molecule has 0 fully saturated rings. The van der Waals surface area contributed by atoms with Gasteiger partial charge in [0.2, 0.25) is 0 Å². The number of aliphatic carboxylic acids is 1. The molecular formula is C8H9O2-. The minimum atomic E-state index is -1.18. The molecule has 2 nitrogen and oxygen atoms in total. The summed E-state index contributed by atoms with van der Waals surface area (Å²) in [5.74, 6) is -1.18. The van der Waals surface area contributed by atoms with Crippen molar-refractivity contribution in [3.63, 3.8) is 0 Å². The third kappa shape index (κ3) is 6.69. The molecule has 0 radical (unpaired) electrons. The highest BCUT2D eigenvalue weighted by Crippen LogP contribution is 1.78. The molecule has 0 amide bonds. The lowest BCUT2D eigenvalue weighted by atomic mass is 10.4. The van der Waals surface area contributed by atoms with E-state index < -0.39 is 5.97 Å². The molecule has 0 aromatic rings. The van der Waals surface area contributed by atoms with Gasteiger partial charge in [0.25, 0.3) is 0 Å². The van der Waals surface area contributed by atoms with E-state index in [0.717, 1.165) is 6.08 Å². The van der Waals surface area contributed by atoms with Gasteiger partial charge in [-0.05, 0) is 13.0 Å². The SMILES string of the molecule is CC=CC=CC=CC(=O)[O-]. The van der Waals surface area contributed by atoms with Crippen LogP contribution in [0.1, 0.15) is 6.92 Å². The van der Waals surface area contributed by atoms with E-state index in [1.54, 1.807) is 18.2 Å². The fraction of sp³-hybridized carbons (Fsp3) is 0.125. The molecule has 2 heteroatoms. The molecule has 0 unspecified atom stereocenters. The highest BCUT2D eigenvalue weighted by molar-refractivity contribution is 5.77. The van der Waals surface area contributed by atoms with Crippen molar-refractivity contribution in [1.29, 1.82) is 0 Å². The first-order chi connectivity index (χ1) is 4.77. The van der Waals surface area contributed by atoms with Crippen LogP contribution in [0.25, 0.3) is 0 Å². The number of carbonyl (C=O) groups excluding carboxylic acids is 1. The maximum Gasteiger partial charge on any atom is 0.0642 e. The molecule has 0 N–H and O–H groups in total. The number of rotatable bonds is 3. The molecular weight excluding hydrogens is 128 g/mol. The van der Waals surface area contributed by atoms with Crippen molar-refractivity contribution in [2.45, 2.75) is 6.92 Å². The summed E-state index contributed by atoms with van der Waals surface area (Å²) in [6.45, 7) is 1.88. The second-order valence-corrected chi connectivity index (χ2v) is 1.59. The molecule has 0 aromatic heterocycles. The lowest BCUT2D eigenvalue weighted by molar-refractivity contribution is -0.297. The van der Waals surface area contributed by atoms with Crippen LogP contribution in [0.5, 0.6) is 0 Å². The lowest BCUT2D eigenvalue weighted by Gasteiger charge is -1.85. The van der Waals surface area contributed by atoms with Gasteiger partial charge in [-0.3, -0.25) is 0 Å². The Morgan fingerprint density at radius 2 is 1.80 bits per heavy atom. The van der Waals surface area contributed by atoms with E-state index in [1.165, 1.54) is 6.08 Å². The zero-order valence-electron chi connectivity index (χ0n) is 5.78. The zero-order chi connectivity index (χ0) is 7.82. The summed E-state index contributed by atoms with van der Waals surface area (Å²) in [6.07, 6.45) is 9.40. The average Bonchev–Trinajstić information content (AvgIpc) is 1.87. The molecule has 0 aliphatic heterocycles. The Morgan fingerprint density at radius 1 is 1.20 bits per heavy atom. The van der Waals surface area contributed by atoms with Crippen LogP contribution in [-0.2, 0) is 4.79 Å². The molecule has 0 atom stereocenters. The number of carbonyl (C=O) groups is 1. The number of hydrogen-bond acceptors (Lipinski definition) is 2. The molecule has 0 saturated carbocycles. The average molecular weight is 137 g/mol. The van der Waals surface area contributed by atoms with E-state index in [1.807, 2.05) is 13.0 Å². The van der Waals surface area contributed by atoms with Gasteiger partial charge < -0.3 is 9.90 Å². The molecule has 0 rings (SSSR count). The summed E-state index contributed by atoms with van der Waals surface area (Å²) in [7, 11) is 0. The summed E-state index contributed by atoms with van der Waals surface area (Å²) in [5.41, 5.74) is 0. The second kappa shape index (κ2) is 5.82. The van der Waals surface area contributed by atoms with E-state index in [2.05, 4.69) is 0 Å². The minimum Gasteiger partial charge on any atom is -0.545 e. The quantitative estimate of drug-likeness (QED) is 0.418. The molecule has 54 valence electrons. The third-order valence-corrected chi connectivity index (χ3v) is 0.758. The monoisotopic (exact) mass is 137 g/mol. The van der Waals surface area contributed by atoms with Crippen LogP contribution in [0.3, 0.4) is 0 Å². The summed E-state index contributed by atoms with van der Waals surface area (Å²) in [4.78, 5) is 9.78. The smallest absolute Gasteiger partial charge is 0.0642 e. The van der Waals surface area contributed by atoms with Gasteiger partial charge in [-0.1, -0.05) is 30.4 Å². The minimum absolute atomic E-state index is 0.972. The topological polar surface area (TPSA) is 40.1 Å². The van der Waals surface area contributed by atoms with E-state index in [-0.39, 0.29) is 0 Å². The van der Waals surface area contributed by atoms with Gasteiger partial charge in [-0.15, -0.1) is 0 Å². The van der Waals surface area contributed by atoms with Crippen molar-refractivity contribution in [2.75, 3.05) is 0 Å². The van der Waals surface area contributed by atoms with E-state index >= 15 is 0 Å². The predicted octanol–water partition coefficient (Wildman–Crippen LogP) is 0.425. The van der Waals surface area contributed by atoms with E-state index in [0.29, 0.717) is 0 Å². The third-order valence-electron chi connectivity index (χ3n) is 0.758. The van der Waals surface area contributed by atoms with Crippen molar-refractivity contribution < 1.29 is 9.90 Å². The Balaban J connectivity index is 3.62. The first-order valence-electron chi connectivity index (χ1n) is 2.94. The standard InChI is InChI=1S/C8H10O2/c1-2-3-4-5-6-7-8(9)10/h2-7H,1H3,(H,9,10)/p-1. The maximum absolute atomic E-state index is 9.78. The normalized spacial score (nSPS) is 12.1. The maximum atomic E-state index is 9.78. The summed E-state index contributed by atoms with van der Waals surface area (Å²) < 4.78 is 0. The highest BCUT2D eigenvalue weighted by Gasteiger charge is 1.66. The largest absolute Gasteiger partial charge is 0.545 e. The van der Waals surface area contributed by atoms with Crippen LogP contribution in [0.15, 0.2) is 36.5 Å². The Labute approximate surface area is 60.2 Å².